The minimum absolute atomic E-state index is 0.252. The van der Waals surface area contributed by atoms with Gasteiger partial charge in [-0.2, -0.15) is 0 Å². The van der Waals surface area contributed by atoms with Crippen LogP contribution in [0.4, 0.5) is 5.69 Å². The number of fused-ring (bicyclic) bond motifs is 1. The van der Waals surface area contributed by atoms with Gasteiger partial charge in [0.25, 0.3) is 11.5 Å². The Kier molecular flexibility index (Phi) is 6.21. The lowest BCUT2D eigenvalue weighted by atomic mass is 10.2. The molecule has 1 N–H and O–H groups in total. The minimum Gasteiger partial charge on any atom is -0.344 e. The van der Waals surface area contributed by atoms with Crippen molar-refractivity contribution in [3.63, 3.8) is 0 Å². The number of carbonyl (C=O) groups excluding carboxylic acids is 2. The second kappa shape index (κ2) is 9.11. The average molecular weight is 477 g/mol. The zero-order chi connectivity index (χ0) is 24.6. The van der Waals surface area contributed by atoms with Gasteiger partial charge in [-0.05, 0) is 43.2 Å². The molecule has 0 aliphatic carbocycles. The van der Waals surface area contributed by atoms with Gasteiger partial charge in [0.1, 0.15) is 11.4 Å². The van der Waals surface area contributed by atoms with Gasteiger partial charge in [0.15, 0.2) is 0 Å². The summed E-state index contributed by atoms with van der Waals surface area (Å²) >= 11 is 1.05. The van der Waals surface area contributed by atoms with E-state index < -0.39 is 17.2 Å². The quantitative estimate of drug-likeness (QED) is 0.479. The van der Waals surface area contributed by atoms with E-state index in [9.17, 15) is 19.2 Å². The number of aryl methyl sites for hydroxylation is 2. The van der Waals surface area contributed by atoms with E-state index in [1.54, 1.807) is 57.4 Å². The third-order valence-corrected chi connectivity index (χ3v) is 6.85. The van der Waals surface area contributed by atoms with Crippen LogP contribution < -0.4 is 16.6 Å². The highest BCUT2D eigenvalue weighted by Crippen LogP contribution is 2.29. The molecule has 0 saturated carbocycles. The van der Waals surface area contributed by atoms with Crippen LogP contribution >= 0.6 is 11.3 Å². The number of rotatable bonds is 5. The maximum absolute atomic E-state index is 13.5. The van der Waals surface area contributed by atoms with Crippen molar-refractivity contribution in [3.8, 4) is 5.69 Å². The maximum Gasteiger partial charge on any atom is 0.337 e. The molecule has 0 fully saturated rings. The third-order valence-electron chi connectivity index (χ3n) is 5.55. The lowest BCUT2D eigenvalue weighted by Crippen LogP contribution is -2.40. The first kappa shape index (κ1) is 23.2. The first-order valence-corrected chi connectivity index (χ1v) is 11.4. The fourth-order valence-corrected chi connectivity index (χ4v) is 5.06. The molecule has 9 heteroatoms. The summed E-state index contributed by atoms with van der Waals surface area (Å²) in [5, 5.41) is 3.08. The van der Waals surface area contributed by atoms with E-state index in [0.717, 1.165) is 21.5 Å². The molecule has 174 valence electrons. The van der Waals surface area contributed by atoms with Gasteiger partial charge >= 0.3 is 5.69 Å². The molecule has 0 bridgehead atoms. The second-order valence-corrected chi connectivity index (χ2v) is 9.14. The van der Waals surface area contributed by atoms with E-state index in [2.05, 4.69) is 5.32 Å². The number of thiophene rings is 1. The fraction of sp³-hybridized carbons (Fsp3) is 0.200. The van der Waals surface area contributed by atoms with Gasteiger partial charge in [-0.3, -0.25) is 19.0 Å². The summed E-state index contributed by atoms with van der Waals surface area (Å²) in [5.41, 5.74) is 1.23. The van der Waals surface area contributed by atoms with Crippen LogP contribution in [0.2, 0.25) is 0 Å². The average Bonchev–Trinajstić information content (AvgIpc) is 3.15. The van der Waals surface area contributed by atoms with Crippen molar-refractivity contribution < 1.29 is 9.59 Å². The second-order valence-electron chi connectivity index (χ2n) is 8.14. The zero-order valence-corrected chi connectivity index (χ0v) is 20.1. The summed E-state index contributed by atoms with van der Waals surface area (Å²) in [6.07, 6.45) is 0. The van der Waals surface area contributed by atoms with Crippen molar-refractivity contribution in [2.75, 3.05) is 19.4 Å². The Morgan fingerprint density at radius 3 is 2.26 bits per heavy atom. The monoisotopic (exact) mass is 476 g/mol. The molecule has 2 heterocycles. The lowest BCUT2D eigenvalue weighted by molar-refractivity contribution is -0.116. The van der Waals surface area contributed by atoms with Crippen LogP contribution in [-0.2, 0) is 11.3 Å². The van der Waals surface area contributed by atoms with Crippen molar-refractivity contribution in [3.05, 3.63) is 91.4 Å². The first-order valence-electron chi connectivity index (χ1n) is 10.6. The molecule has 0 radical (unpaired) electrons. The number of anilines is 1. The van der Waals surface area contributed by atoms with E-state index in [1.807, 2.05) is 25.1 Å². The van der Waals surface area contributed by atoms with Gasteiger partial charge in [0.05, 0.1) is 16.0 Å². The van der Waals surface area contributed by atoms with E-state index in [0.29, 0.717) is 26.6 Å². The number of para-hydroxylation sites is 2. The predicted octanol–water partition coefficient (Wildman–Crippen LogP) is 3.17. The number of nitrogens with zero attached hydrogens (tertiary/aromatic N) is 3. The van der Waals surface area contributed by atoms with E-state index in [-0.39, 0.29) is 17.8 Å². The molecule has 0 aliphatic heterocycles. The van der Waals surface area contributed by atoms with Crippen molar-refractivity contribution >= 4 is 39.1 Å². The van der Waals surface area contributed by atoms with E-state index in [1.165, 1.54) is 9.47 Å². The highest BCUT2D eigenvalue weighted by molar-refractivity contribution is 7.20. The Morgan fingerprint density at radius 1 is 0.971 bits per heavy atom. The topological polar surface area (TPSA) is 93.4 Å². The van der Waals surface area contributed by atoms with Gasteiger partial charge < -0.3 is 10.2 Å². The molecular formula is C25H24N4O4S. The van der Waals surface area contributed by atoms with Gasteiger partial charge in [-0.1, -0.05) is 36.4 Å². The van der Waals surface area contributed by atoms with Gasteiger partial charge in [0.2, 0.25) is 5.91 Å². The third kappa shape index (κ3) is 4.06. The number of amides is 2. The Labute approximate surface area is 199 Å². The summed E-state index contributed by atoms with van der Waals surface area (Å²) in [6.45, 7) is 3.25. The summed E-state index contributed by atoms with van der Waals surface area (Å²) in [4.78, 5) is 54.8. The van der Waals surface area contributed by atoms with Crippen LogP contribution in [0.25, 0.3) is 15.9 Å². The summed E-state index contributed by atoms with van der Waals surface area (Å²) in [6, 6.07) is 15.9. The maximum atomic E-state index is 13.5. The molecule has 0 atom stereocenters. The summed E-state index contributed by atoms with van der Waals surface area (Å²) in [7, 11) is 3.24. The molecule has 2 amide bonds. The molecule has 0 spiro atoms. The molecule has 0 unspecified atom stereocenters. The number of benzene rings is 2. The molecule has 4 aromatic rings. The molecule has 34 heavy (non-hydrogen) atoms. The smallest absolute Gasteiger partial charge is 0.337 e. The molecule has 2 aromatic carbocycles. The molecular weight excluding hydrogens is 452 g/mol. The van der Waals surface area contributed by atoms with Crippen molar-refractivity contribution in [1.29, 1.82) is 0 Å². The van der Waals surface area contributed by atoms with Gasteiger partial charge in [-0.15, -0.1) is 11.3 Å². The Bertz CT molecular complexity index is 1530. The largest absolute Gasteiger partial charge is 0.344 e. The minimum atomic E-state index is -0.645. The van der Waals surface area contributed by atoms with Gasteiger partial charge in [0, 0.05) is 19.8 Å². The normalized spacial score (nSPS) is 10.9. The molecule has 8 nitrogen and oxygen atoms in total. The molecule has 0 aliphatic rings. The van der Waals surface area contributed by atoms with Crippen LogP contribution in [0.15, 0.2) is 64.2 Å². The highest BCUT2D eigenvalue weighted by atomic mass is 32.1. The Morgan fingerprint density at radius 2 is 1.62 bits per heavy atom. The zero-order valence-electron chi connectivity index (χ0n) is 19.3. The number of hydrogen-bond donors (Lipinski definition) is 1. The van der Waals surface area contributed by atoms with Crippen LogP contribution in [0.3, 0.4) is 0 Å². The first-order chi connectivity index (χ1) is 16.2. The summed E-state index contributed by atoms with van der Waals surface area (Å²) in [5.74, 6) is -0.685. The predicted molar refractivity (Wildman–Crippen MR) is 134 cm³/mol. The van der Waals surface area contributed by atoms with Crippen LogP contribution in [-0.4, -0.2) is 39.9 Å². The standard InChI is InChI=1S/C25H24N4O4S/c1-15-10-8-9-13-18(15)26-19(30)14-28-24-20(16(2)21(34-24)23(32)27(3)4)22(31)29(25(28)33)17-11-6-5-7-12-17/h5-13H,14H2,1-4H3,(H,26,30). The summed E-state index contributed by atoms with van der Waals surface area (Å²) < 4.78 is 2.31. The van der Waals surface area contributed by atoms with E-state index in [4.69, 9.17) is 0 Å². The van der Waals surface area contributed by atoms with Crippen molar-refractivity contribution in [2.45, 2.75) is 20.4 Å². The number of nitrogens with one attached hydrogen (secondary N) is 1. The molecule has 0 saturated heterocycles. The van der Waals surface area contributed by atoms with Crippen LogP contribution in [0, 0.1) is 13.8 Å². The SMILES string of the molecule is Cc1ccccc1NC(=O)Cn1c(=O)n(-c2ccccc2)c(=O)c2c(C)c(C(=O)N(C)C)sc21. The Hall–Kier alpha value is -3.98. The number of carbonyl (C=O) groups is 2. The number of aromatic nitrogens is 2. The molecule has 2 aromatic heterocycles. The van der Waals surface area contributed by atoms with Crippen molar-refractivity contribution in [1.82, 2.24) is 14.0 Å². The number of hydrogen-bond acceptors (Lipinski definition) is 5. The lowest BCUT2D eigenvalue weighted by Gasteiger charge is -2.13. The van der Waals surface area contributed by atoms with E-state index >= 15 is 0 Å². The van der Waals surface area contributed by atoms with Crippen LogP contribution in [0.1, 0.15) is 20.8 Å². The van der Waals surface area contributed by atoms with Crippen LogP contribution in [0.5, 0.6) is 0 Å². The Balaban J connectivity index is 1.94. The van der Waals surface area contributed by atoms with Crippen molar-refractivity contribution in [2.24, 2.45) is 0 Å². The molecule has 4 rings (SSSR count). The highest BCUT2D eigenvalue weighted by Gasteiger charge is 2.25. The fourth-order valence-electron chi connectivity index (χ4n) is 3.74. The van der Waals surface area contributed by atoms with Gasteiger partial charge in [-0.25, -0.2) is 9.36 Å².